The molecule has 1 aromatic rings. The molecule has 3 N–H and O–H groups in total. The number of thioether (sulfide) groups is 1. The van der Waals surface area contributed by atoms with Crippen LogP contribution in [0, 0.1) is 5.92 Å². The van der Waals surface area contributed by atoms with Crippen molar-refractivity contribution in [1.29, 1.82) is 0 Å². The van der Waals surface area contributed by atoms with E-state index >= 15 is 0 Å². The first-order chi connectivity index (χ1) is 8.16. The second-order valence-corrected chi connectivity index (χ2v) is 5.74. The van der Waals surface area contributed by atoms with Gasteiger partial charge in [0.25, 0.3) is 0 Å². The van der Waals surface area contributed by atoms with E-state index < -0.39 is 0 Å². The van der Waals surface area contributed by atoms with Crippen LogP contribution in [0.4, 0.5) is 5.95 Å². The van der Waals surface area contributed by atoms with Crippen LogP contribution in [0.1, 0.15) is 32.1 Å². The lowest BCUT2D eigenvalue weighted by Crippen LogP contribution is -2.14. The second kappa shape index (κ2) is 5.73. The Kier molecular flexibility index (Phi) is 4.28. The number of nitrogens with zero attached hydrogens (tertiary/aromatic N) is 3. The van der Waals surface area contributed by atoms with Crippen LogP contribution in [0.25, 0.3) is 0 Å². The van der Waals surface area contributed by atoms with Gasteiger partial charge >= 0.3 is 0 Å². The summed E-state index contributed by atoms with van der Waals surface area (Å²) in [6, 6.07) is 0. The number of rotatable bonds is 5. The molecule has 0 saturated heterocycles. The normalized spacial score (nSPS) is 18.7. The number of anilines is 1. The minimum Gasteiger partial charge on any atom is -0.392 e. The Morgan fingerprint density at radius 3 is 2.76 bits per heavy atom. The van der Waals surface area contributed by atoms with Crippen LogP contribution in [0.15, 0.2) is 5.16 Å². The molecule has 1 saturated carbocycles. The maximum Gasteiger partial charge on any atom is 0.222 e. The average Bonchev–Trinajstić information content (AvgIpc) is 2.90. The second-order valence-electron chi connectivity index (χ2n) is 4.75. The number of hydrogen-bond donors (Lipinski definition) is 2. The predicted molar refractivity (Wildman–Crippen MR) is 68.7 cm³/mol. The molecule has 1 fully saturated rings. The predicted octanol–water partition coefficient (Wildman–Crippen LogP) is 1.43. The van der Waals surface area contributed by atoms with Crippen LogP contribution < -0.4 is 5.73 Å². The van der Waals surface area contributed by atoms with Gasteiger partial charge in [-0.2, -0.15) is 0 Å². The zero-order valence-corrected chi connectivity index (χ0v) is 11.0. The Labute approximate surface area is 106 Å². The number of aliphatic hydroxyl groups excluding tert-OH is 1. The third-order valence-electron chi connectivity index (χ3n) is 3.35. The van der Waals surface area contributed by atoms with E-state index in [1.54, 1.807) is 4.57 Å². The fourth-order valence-electron chi connectivity index (χ4n) is 2.32. The Bertz CT molecular complexity index is 362. The molecule has 96 valence electrons. The molecule has 5 nitrogen and oxygen atoms in total. The number of nitrogens with two attached hydrogens (primary N) is 1. The zero-order valence-electron chi connectivity index (χ0n) is 10.2. The van der Waals surface area contributed by atoms with Gasteiger partial charge in [-0.05, 0) is 12.3 Å². The van der Waals surface area contributed by atoms with Crippen molar-refractivity contribution < 1.29 is 5.11 Å². The van der Waals surface area contributed by atoms with Crippen molar-refractivity contribution in [3.63, 3.8) is 0 Å². The van der Waals surface area contributed by atoms with Gasteiger partial charge in [0.05, 0.1) is 6.10 Å². The van der Waals surface area contributed by atoms with Gasteiger partial charge in [-0.1, -0.05) is 37.4 Å². The fourth-order valence-corrected chi connectivity index (χ4v) is 3.18. The van der Waals surface area contributed by atoms with Gasteiger partial charge in [0.2, 0.25) is 5.95 Å². The molecule has 1 aliphatic carbocycles. The highest BCUT2D eigenvalue weighted by Crippen LogP contribution is 2.29. The largest absolute Gasteiger partial charge is 0.392 e. The van der Waals surface area contributed by atoms with Gasteiger partial charge in [-0.3, -0.25) is 4.57 Å². The van der Waals surface area contributed by atoms with Crippen molar-refractivity contribution in [1.82, 2.24) is 14.8 Å². The molecule has 2 rings (SSSR count). The van der Waals surface area contributed by atoms with E-state index in [0.29, 0.717) is 11.7 Å². The van der Waals surface area contributed by atoms with Crippen LogP contribution in [0.3, 0.4) is 0 Å². The van der Waals surface area contributed by atoms with Crippen LogP contribution in [-0.2, 0) is 7.05 Å². The van der Waals surface area contributed by atoms with E-state index in [0.717, 1.165) is 17.5 Å². The van der Waals surface area contributed by atoms with Gasteiger partial charge in [0, 0.05) is 12.8 Å². The fraction of sp³-hybridized carbons (Fsp3) is 0.818. The summed E-state index contributed by atoms with van der Waals surface area (Å²) >= 11 is 1.52. The molecule has 1 unspecified atom stereocenters. The molecule has 1 atom stereocenters. The summed E-state index contributed by atoms with van der Waals surface area (Å²) in [6.45, 7) is 0. The maximum absolute atomic E-state index is 9.96. The Morgan fingerprint density at radius 1 is 1.47 bits per heavy atom. The molecular weight excluding hydrogens is 236 g/mol. The third-order valence-corrected chi connectivity index (χ3v) is 4.52. The minimum atomic E-state index is -0.249. The molecule has 0 amide bonds. The summed E-state index contributed by atoms with van der Waals surface area (Å²) < 4.78 is 1.74. The maximum atomic E-state index is 9.96. The SMILES string of the molecule is Cn1c(N)nnc1SCC(O)CC1CCCC1. The molecule has 1 aromatic heterocycles. The van der Waals surface area contributed by atoms with Crippen LogP contribution >= 0.6 is 11.8 Å². The van der Waals surface area contributed by atoms with Crippen molar-refractivity contribution in [2.75, 3.05) is 11.5 Å². The number of nitrogen functional groups attached to an aromatic ring is 1. The van der Waals surface area contributed by atoms with Gasteiger partial charge in [-0.15, -0.1) is 10.2 Å². The summed E-state index contributed by atoms with van der Waals surface area (Å²) in [5.41, 5.74) is 5.59. The highest BCUT2D eigenvalue weighted by Gasteiger charge is 2.19. The van der Waals surface area contributed by atoms with Crippen LogP contribution in [-0.4, -0.2) is 31.7 Å². The first kappa shape index (κ1) is 12.7. The summed E-state index contributed by atoms with van der Waals surface area (Å²) in [5.74, 6) is 1.80. The van der Waals surface area contributed by atoms with E-state index in [1.807, 2.05) is 7.05 Å². The van der Waals surface area contributed by atoms with E-state index in [2.05, 4.69) is 10.2 Å². The first-order valence-electron chi connectivity index (χ1n) is 6.12. The summed E-state index contributed by atoms with van der Waals surface area (Å²) in [6.07, 6.45) is 5.87. The minimum absolute atomic E-state index is 0.249. The van der Waals surface area contributed by atoms with Gasteiger partial charge in [0.15, 0.2) is 5.16 Å². The molecule has 6 heteroatoms. The average molecular weight is 256 g/mol. The Hall–Kier alpha value is -0.750. The monoisotopic (exact) mass is 256 g/mol. The van der Waals surface area contributed by atoms with E-state index in [4.69, 9.17) is 5.73 Å². The molecule has 0 bridgehead atoms. The summed E-state index contributed by atoms with van der Waals surface area (Å²) in [5, 5.41) is 18.5. The Morgan fingerprint density at radius 2 is 2.18 bits per heavy atom. The van der Waals surface area contributed by atoms with Crippen molar-refractivity contribution >= 4 is 17.7 Å². The Balaban J connectivity index is 1.75. The quantitative estimate of drug-likeness (QED) is 0.779. The number of aromatic nitrogens is 3. The molecule has 17 heavy (non-hydrogen) atoms. The molecule has 1 heterocycles. The molecule has 0 radical (unpaired) electrons. The first-order valence-corrected chi connectivity index (χ1v) is 7.11. The van der Waals surface area contributed by atoms with Crippen molar-refractivity contribution in [3.8, 4) is 0 Å². The van der Waals surface area contributed by atoms with Gasteiger partial charge < -0.3 is 10.8 Å². The van der Waals surface area contributed by atoms with E-state index in [9.17, 15) is 5.11 Å². The molecular formula is C11H20N4OS. The smallest absolute Gasteiger partial charge is 0.222 e. The van der Waals surface area contributed by atoms with Gasteiger partial charge in [-0.25, -0.2) is 0 Å². The number of hydrogen-bond acceptors (Lipinski definition) is 5. The van der Waals surface area contributed by atoms with Crippen molar-refractivity contribution in [2.45, 2.75) is 43.4 Å². The van der Waals surface area contributed by atoms with Crippen molar-refractivity contribution in [2.24, 2.45) is 13.0 Å². The van der Waals surface area contributed by atoms with Crippen LogP contribution in [0.5, 0.6) is 0 Å². The molecule has 0 aliphatic heterocycles. The summed E-state index contributed by atoms with van der Waals surface area (Å²) in [7, 11) is 1.83. The summed E-state index contributed by atoms with van der Waals surface area (Å²) in [4.78, 5) is 0. The van der Waals surface area contributed by atoms with E-state index in [1.165, 1.54) is 37.4 Å². The van der Waals surface area contributed by atoms with E-state index in [-0.39, 0.29) is 6.10 Å². The standard InChI is InChI=1S/C11H20N4OS/c1-15-10(12)13-14-11(15)17-7-9(16)6-8-4-2-3-5-8/h8-9,16H,2-7H2,1H3,(H2,12,13). The molecule has 0 aromatic carbocycles. The van der Waals surface area contributed by atoms with Crippen molar-refractivity contribution in [3.05, 3.63) is 0 Å². The highest BCUT2D eigenvalue weighted by atomic mass is 32.2. The van der Waals surface area contributed by atoms with Gasteiger partial charge in [0.1, 0.15) is 0 Å². The highest BCUT2D eigenvalue weighted by molar-refractivity contribution is 7.99. The topological polar surface area (TPSA) is 77.0 Å². The number of aliphatic hydroxyl groups is 1. The molecule has 1 aliphatic rings. The molecule has 0 spiro atoms. The third kappa shape index (κ3) is 3.35. The van der Waals surface area contributed by atoms with Crippen LogP contribution in [0.2, 0.25) is 0 Å². The zero-order chi connectivity index (χ0) is 12.3. The lowest BCUT2D eigenvalue weighted by molar-refractivity contribution is 0.165. The lowest BCUT2D eigenvalue weighted by Gasteiger charge is -2.14. The lowest BCUT2D eigenvalue weighted by atomic mass is 10.0.